The van der Waals surface area contributed by atoms with Crippen LogP contribution in [0.1, 0.15) is 17.7 Å². The van der Waals surface area contributed by atoms with E-state index in [1.54, 1.807) is 11.3 Å². The van der Waals surface area contributed by atoms with E-state index in [1.165, 1.54) is 4.88 Å². The highest BCUT2D eigenvalue weighted by Gasteiger charge is 1.93. The molecule has 0 aliphatic rings. The van der Waals surface area contributed by atoms with Gasteiger partial charge in [-0.25, -0.2) is 5.48 Å². The molecular formula is C9H13NO2S. The van der Waals surface area contributed by atoms with Gasteiger partial charge < -0.3 is 0 Å². The lowest BCUT2D eigenvalue weighted by Gasteiger charge is -1.99. The molecular weight excluding hydrogens is 186 g/mol. The Labute approximate surface area is 81.7 Å². The van der Waals surface area contributed by atoms with E-state index >= 15 is 0 Å². The summed E-state index contributed by atoms with van der Waals surface area (Å²) >= 11 is 1.78. The molecule has 0 radical (unpaired) electrons. The SMILES string of the molecule is O=CNOCCCCc1cccs1. The number of rotatable bonds is 7. The number of hydrogen-bond acceptors (Lipinski definition) is 3. The molecule has 0 aliphatic carbocycles. The van der Waals surface area contributed by atoms with Gasteiger partial charge in [-0.2, -0.15) is 0 Å². The summed E-state index contributed by atoms with van der Waals surface area (Å²) in [5.41, 5.74) is 2.16. The van der Waals surface area contributed by atoms with Gasteiger partial charge >= 0.3 is 0 Å². The molecule has 0 aliphatic heterocycles. The van der Waals surface area contributed by atoms with Crippen molar-refractivity contribution in [2.45, 2.75) is 19.3 Å². The van der Waals surface area contributed by atoms with Crippen molar-refractivity contribution >= 4 is 17.7 Å². The predicted molar refractivity (Wildman–Crippen MR) is 52.4 cm³/mol. The number of thiophene rings is 1. The Hall–Kier alpha value is -0.870. The first-order valence-corrected chi connectivity index (χ1v) is 5.15. The molecule has 0 fully saturated rings. The lowest BCUT2D eigenvalue weighted by molar-refractivity contribution is -0.120. The number of aryl methyl sites for hydroxylation is 1. The van der Waals surface area contributed by atoms with Crippen LogP contribution in [-0.4, -0.2) is 13.0 Å². The molecule has 3 nitrogen and oxygen atoms in total. The number of nitrogens with one attached hydrogen (secondary N) is 1. The molecule has 0 aromatic carbocycles. The fourth-order valence-electron chi connectivity index (χ4n) is 1.02. The first-order valence-electron chi connectivity index (χ1n) is 4.27. The summed E-state index contributed by atoms with van der Waals surface area (Å²) in [6.45, 7) is 0.587. The fourth-order valence-corrected chi connectivity index (χ4v) is 1.77. The van der Waals surface area contributed by atoms with Crippen molar-refractivity contribution in [2.24, 2.45) is 0 Å². The first kappa shape index (κ1) is 10.2. The molecule has 0 saturated heterocycles. The molecule has 1 aromatic heterocycles. The van der Waals surface area contributed by atoms with Crippen LogP contribution in [0.2, 0.25) is 0 Å². The van der Waals surface area contributed by atoms with Crippen LogP contribution in [0, 0.1) is 0 Å². The smallest absolute Gasteiger partial charge is 0.230 e. The van der Waals surface area contributed by atoms with Crippen molar-refractivity contribution < 1.29 is 9.63 Å². The van der Waals surface area contributed by atoms with E-state index in [2.05, 4.69) is 23.0 Å². The molecule has 1 amide bonds. The molecule has 0 atom stereocenters. The minimum Gasteiger partial charge on any atom is -0.277 e. The number of carbonyl (C=O) groups excluding carboxylic acids is 1. The first-order chi connectivity index (χ1) is 6.43. The van der Waals surface area contributed by atoms with Gasteiger partial charge in [-0.15, -0.1) is 11.3 Å². The summed E-state index contributed by atoms with van der Waals surface area (Å²) in [6.07, 6.45) is 3.71. The molecule has 72 valence electrons. The molecule has 1 N–H and O–H groups in total. The largest absolute Gasteiger partial charge is 0.277 e. The fraction of sp³-hybridized carbons (Fsp3) is 0.444. The Balaban J connectivity index is 1.93. The van der Waals surface area contributed by atoms with Crippen LogP contribution in [0.5, 0.6) is 0 Å². The third-order valence-electron chi connectivity index (χ3n) is 1.63. The Morgan fingerprint density at radius 2 is 2.46 bits per heavy atom. The maximum absolute atomic E-state index is 9.79. The Morgan fingerprint density at radius 1 is 1.54 bits per heavy atom. The van der Waals surface area contributed by atoms with Crippen LogP contribution < -0.4 is 5.48 Å². The highest BCUT2D eigenvalue weighted by atomic mass is 32.1. The average Bonchev–Trinajstić information content (AvgIpc) is 2.63. The highest BCUT2D eigenvalue weighted by molar-refractivity contribution is 7.09. The van der Waals surface area contributed by atoms with Gasteiger partial charge in [0.2, 0.25) is 6.41 Å². The second-order valence-electron chi connectivity index (χ2n) is 2.62. The minimum atomic E-state index is 0.541. The van der Waals surface area contributed by atoms with Crippen LogP contribution in [-0.2, 0) is 16.1 Å². The summed E-state index contributed by atoms with van der Waals surface area (Å²) < 4.78 is 0. The maximum Gasteiger partial charge on any atom is 0.230 e. The zero-order valence-electron chi connectivity index (χ0n) is 7.36. The number of hydroxylamine groups is 1. The third kappa shape index (κ3) is 4.65. The highest BCUT2D eigenvalue weighted by Crippen LogP contribution is 2.11. The predicted octanol–water partition coefficient (Wildman–Crippen LogP) is 1.75. The lowest BCUT2D eigenvalue weighted by atomic mass is 10.2. The molecule has 0 saturated carbocycles. The van der Waals surface area contributed by atoms with E-state index in [1.807, 2.05) is 0 Å². The second-order valence-corrected chi connectivity index (χ2v) is 3.65. The Bertz CT molecular complexity index is 224. The molecule has 0 bridgehead atoms. The average molecular weight is 199 g/mol. The van der Waals surface area contributed by atoms with Crippen LogP contribution in [0.4, 0.5) is 0 Å². The van der Waals surface area contributed by atoms with E-state index in [4.69, 9.17) is 4.84 Å². The van der Waals surface area contributed by atoms with Crippen molar-refractivity contribution in [1.29, 1.82) is 0 Å². The van der Waals surface area contributed by atoms with Gasteiger partial charge in [-0.05, 0) is 30.7 Å². The van der Waals surface area contributed by atoms with Crippen LogP contribution in [0.3, 0.4) is 0 Å². The summed E-state index contributed by atoms with van der Waals surface area (Å²) in [6, 6.07) is 4.19. The third-order valence-corrected chi connectivity index (χ3v) is 2.57. The molecule has 1 aromatic rings. The van der Waals surface area contributed by atoms with E-state index in [0.29, 0.717) is 13.0 Å². The van der Waals surface area contributed by atoms with Gasteiger partial charge in [-0.3, -0.25) is 9.63 Å². The van der Waals surface area contributed by atoms with Crippen molar-refractivity contribution in [3.8, 4) is 0 Å². The van der Waals surface area contributed by atoms with Crippen molar-refractivity contribution in [1.82, 2.24) is 5.48 Å². The van der Waals surface area contributed by atoms with Gasteiger partial charge in [0.25, 0.3) is 0 Å². The molecule has 4 heteroatoms. The minimum absolute atomic E-state index is 0.541. The number of carbonyl (C=O) groups is 1. The van der Waals surface area contributed by atoms with E-state index in [-0.39, 0.29) is 0 Å². The topological polar surface area (TPSA) is 38.3 Å². The maximum atomic E-state index is 9.79. The monoisotopic (exact) mass is 199 g/mol. The van der Waals surface area contributed by atoms with Gasteiger partial charge in [0.1, 0.15) is 0 Å². The molecule has 0 unspecified atom stereocenters. The molecule has 1 rings (SSSR count). The molecule has 13 heavy (non-hydrogen) atoms. The summed E-state index contributed by atoms with van der Waals surface area (Å²) in [5, 5.41) is 2.08. The zero-order chi connectivity index (χ0) is 9.36. The van der Waals surface area contributed by atoms with E-state index in [9.17, 15) is 4.79 Å². The molecule has 1 heterocycles. The Morgan fingerprint density at radius 3 is 3.15 bits per heavy atom. The second kappa shape index (κ2) is 6.62. The summed E-state index contributed by atoms with van der Waals surface area (Å²) in [7, 11) is 0. The van der Waals surface area contributed by atoms with Crippen LogP contribution in [0.15, 0.2) is 17.5 Å². The summed E-state index contributed by atoms with van der Waals surface area (Å²) in [4.78, 5) is 16.0. The van der Waals surface area contributed by atoms with Crippen molar-refractivity contribution in [2.75, 3.05) is 6.61 Å². The normalized spacial score (nSPS) is 9.85. The van der Waals surface area contributed by atoms with E-state index in [0.717, 1.165) is 19.3 Å². The van der Waals surface area contributed by atoms with Crippen LogP contribution in [0.25, 0.3) is 0 Å². The Kier molecular flexibility index (Phi) is 5.20. The number of amides is 1. The quantitative estimate of drug-likeness (QED) is 0.413. The summed E-state index contributed by atoms with van der Waals surface area (Å²) in [5.74, 6) is 0. The standard InChI is InChI=1S/C9H13NO2S/c11-8-10-12-6-2-1-4-9-5-3-7-13-9/h3,5,7-8H,1-2,4,6H2,(H,10,11). The van der Waals surface area contributed by atoms with Crippen molar-refractivity contribution in [3.63, 3.8) is 0 Å². The van der Waals surface area contributed by atoms with Gasteiger partial charge in [0.15, 0.2) is 0 Å². The number of unbranched alkanes of at least 4 members (excludes halogenated alkanes) is 1. The zero-order valence-corrected chi connectivity index (χ0v) is 8.18. The number of hydrogen-bond donors (Lipinski definition) is 1. The van der Waals surface area contributed by atoms with Gasteiger partial charge in [0.05, 0.1) is 6.61 Å². The van der Waals surface area contributed by atoms with E-state index < -0.39 is 0 Å². The van der Waals surface area contributed by atoms with Gasteiger partial charge in [0, 0.05) is 4.88 Å². The van der Waals surface area contributed by atoms with Crippen LogP contribution >= 0.6 is 11.3 Å². The van der Waals surface area contributed by atoms with Crippen molar-refractivity contribution in [3.05, 3.63) is 22.4 Å². The van der Waals surface area contributed by atoms with Gasteiger partial charge in [-0.1, -0.05) is 6.07 Å². The lowest BCUT2D eigenvalue weighted by Crippen LogP contribution is -2.12. The molecule has 0 spiro atoms.